The second-order valence-corrected chi connectivity index (χ2v) is 5.00. The molecule has 3 atom stereocenters. The molecule has 1 fully saturated rings. The molecule has 88 valence electrons. The van der Waals surface area contributed by atoms with Crippen LogP contribution in [0, 0.1) is 11.8 Å². The SMILES string of the molecule is CC(CO)CC1CNC(c2ccccc2)C1. The molecule has 1 saturated heterocycles. The van der Waals surface area contributed by atoms with E-state index in [4.69, 9.17) is 5.11 Å². The van der Waals surface area contributed by atoms with Crippen molar-refractivity contribution >= 4 is 0 Å². The van der Waals surface area contributed by atoms with E-state index < -0.39 is 0 Å². The number of aliphatic hydroxyl groups excluding tert-OH is 1. The zero-order chi connectivity index (χ0) is 11.4. The van der Waals surface area contributed by atoms with Crippen molar-refractivity contribution in [3.8, 4) is 0 Å². The average molecular weight is 219 g/mol. The van der Waals surface area contributed by atoms with E-state index >= 15 is 0 Å². The lowest BCUT2D eigenvalue weighted by Crippen LogP contribution is -2.15. The fraction of sp³-hybridized carbons (Fsp3) is 0.571. The van der Waals surface area contributed by atoms with Crippen LogP contribution in [-0.2, 0) is 0 Å². The lowest BCUT2D eigenvalue weighted by molar-refractivity contribution is 0.214. The molecule has 1 aromatic carbocycles. The number of hydrogen-bond acceptors (Lipinski definition) is 2. The van der Waals surface area contributed by atoms with E-state index in [9.17, 15) is 0 Å². The predicted molar refractivity (Wildman–Crippen MR) is 66.2 cm³/mol. The highest BCUT2D eigenvalue weighted by atomic mass is 16.3. The summed E-state index contributed by atoms with van der Waals surface area (Å²) in [6.07, 6.45) is 2.33. The smallest absolute Gasteiger partial charge is 0.0456 e. The minimum absolute atomic E-state index is 0.312. The van der Waals surface area contributed by atoms with E-state index in [-0.39, 0.29) is 0 Å². The van der Waals surface area contributed by atoms with Gasteiger partial charge < -0.3 is 10.4 Å². The molecule has 16 heavy (non-hydrogen) atoms. The van der Waals surface area contributed by atoms with Gasteiger partial charge in [-0.05, 0) is 36.8 Å². The second kappa shape index (κ2) is 5.46. The summed E-state index contributed by atoms with van der Waals surface area (Å²) in [4.78, 5) is 0. The normalized spacial score (nSPS) is 26.9. The van der Waals surface area contributed by atoms with Crippen molar-refractivity contribution in [1.29, 1.82) is 0 Å². The van der Waals surface area contributed by atoms with Gasteiger partial charge in [-0.2, -0.15) is 0 Å². The lowest BCUT2D eigenvalue weighted by atomic mass is 9.92. The van der Waals surface area contributed by atoms with Crippen molar-refractivity contribution in [3.63, 3.8) is 0 Å². The second-order valence-electron chi connectivity index (χ2n) is 5.00. The summed E-state index contributed by atoms with van der Waals surface area (Å²) in [6, 6.07) is 11.1. The molecular weight excluding hydrogens is 198 g/mol. The summed E-state index contributed by atoms with van der Waals surface area (Å²) in [5.41, 5.74) is 1.39. The Kier molecular flexibility index (Phi) is 3.97. The zero-order valence-corrected chi connectivity index (χ0v) is 9.89. The fourth-order valence-corrected chi connectivity index (χ4v) is 2.57. The van der Waals surface area contributed by atoms with Crippen LogP contribution in [0.5, 0.6) is 0 Å². The minimum Gasteiger partial charge on any atom is -0.396 e. The van der Waals surface area contributed by atoms with Gasteiger partial charge in [0.15, 0.2) is 0 Å². The summed E-state index contributed by atoms with van der Waals surface area (Å²) < 4.78 is 0. The molecule has 1 aromatic rings. The number of aliphatic hydroxyl groups is 1. The molecule has 0 saturated carbocycles. The van der Waals surface area contributed by atoms with E-state index in [1.165, 1.54) is 12.0 Å². The minimum atomic E-state index is 0.312. The van der Waals surface area contributed by atoms with Gasteiger partial charge in [-0.1, -0.05) is 37.3 Å². The van der Waals surface area contributed by atoms with Gasteiger partial charge in [0.05, 0.1) is 0 Å². The number of hydrogen-bond donors (Lipinski definition) is 2. The molecule has 0 bridgehead atoms. The van der Waals surface area contributed by atoms with Crippen molar-refractivity contribution in [2.45, 2.75) is 25.8 Å². The molecule has 0 spiro atoms. The predicted octanol–water partition coefficient (Wildman–Crippen LogP) is 2.36. The maximum absolute atomic E-state index is 9.06. The van der Waals surface area contributed by atoms with Crippen molar-refractivity contribution in [2.24, 2.45) is 11.8 Å². The Morgan fingerprint density at radius 1 is 1.38 bits per heavy atom. The molecule has 2 N–H and O–H groups in total. The Morgan fingerprint density at radius 2 is 2.12 bits per heavy atom. The number of rotatable bonds is 4. The standard InChI is InChI=1S/C14H21NO/c1-11(10-16)7-12-8-14(15-9-12)13-5-3-2-4-6-13/h2-6,11-12,14-16H,7-10H2,1H3. The molecule has 2 rings (SSSR count). The average Bonchev–Trinajstić information content (AvgIpc) is 2.78. The number of nitrogens with one attached hydrogen (secondary N) is 1. The molecule has 0 radical (unpaired) electrons. The zero-order valence-electron chi connectivity index (χ0n) is 9.89. The molecule has 0 aromatic heterocycles. The fourth-order valence-electron chi connectivity index (χ4n) is 2.57. The molecular formula is C14H21NO. The Bertz CT molecular complexity index is 312. The van der Waals surface area contributed by atoms with Crippen LogP contribution in [0.3, 0.4) is 0 Å². The lowest BCUT2D eigenvalue weighted by Gasteiger charge is -2.13. The molecule has 0 aliphatic carbocycles. The van der Waals surface area contributed by atoms with Gasteiger partial charge in [0.25, 0.3) is 0 Å². The first-order valence-electron chi connectivity index (χ1n) is 6.18. The van der Waals surface area contributed by atoms with Crippen LogP contribution in [0.25, 0.3) is 0 Å². The maximum atomic E-state index is 9.06. The Balaban J connectivity index is 1.89. The third kappa shape index (κ3) is 2.83. The van der Waals surface area contributed by atoms with Crippen LogP contribution < -0.4 is 5.32 Å². The largest absolute Gasteiger partial charge is 0.396 e. The van der Waals surface area contributed by atoms with Gasteiger partial charge in [0.1, 0.15) is 0 Å². The van der Waals surface area contributed by atoms with Crippen molar-refractivity contribution in [3.05, 3.63) is 35.9 Å². The summed E-state index contributed by atoms with van der Waals surface area (Å²) >= 11 is 0. The molecule has 3 unspecified atom stereocenters. The van der Waals surface area contributed by atoms with E-state index in [2.05, 4.69) is 42.6 Å². The van der Waals surface area contributed by atoms with Crippen LogP contribution in [0.4, 0.5) is 0 Å². The first kappa shape index (κ1) is 11.6. The third-order valence-corrected chi connectivity index (χ3v) is 3.47. The van der Waals surface area contributed by atoms with Crippen LogP contribution in [0.15, 0.2) is 30.3 Å². The quantitative estimate of drug-likeness (QED) is 0.814. The molecule has 2 nitrogen and oxygen atoms in total. The van der Waals surface area contributed by atoms with Gasteiger partial charge in [0.2, 0.25) is 0 Å². The summed E-state index contributed by atoms with van der Waals surface area (Å²) in [6.45, 7) is 3.52. The molecule has 1 heterocycles. The van der Waals surface area contributed by atoms with Gasteiger partial charge >= 0.3 is 0 Å². The Morgan fingerprint density at radius 3 is 2.81 bits per heavy atom. The van der Waals surface area contributed by atoms with Gasteiger partial charge in [0, 0.05) is 12.6 Å². The molecule has 0 amide bonds. The van der Waals surface area contributed by atoms with Crippen molar-refractivity contribution < 1.29 is 5.11 Å². The van der Waals surface area contributed by atoms with Crippen LogP contribution in [0.1, 0.15) is 31.4 Å². The van der Waals surface area contributed by atoms with E-state index in [1.807, 2.05) is 0 Å². The van der Waals surface area contributed by atoms with Gasteiger partial charge in [-0.25, -0.2) is 0 Å². The van der Waals surface area contributed by atoms with Crippen molar-refractivity contribution in [1.82, 2.24) is 5.32 Å². The first-order chi connectivity index (χ1) is 7.79. The molecule has 2 heteroatoms. The molecule has 1 aliphatic heterocycles. The highest BCUT2D eigenvalue weighted by Crippen LogP contribution is 2.30. The van der Waals surface area contributed by atoms with Crippen LogP contribution in [-0.4, -0.2) is 18.3 Å². The van der Waals surface area contributed by atoms with E-state index in [1.54, 1.807) is 0 Å². The van der Waals surface area contributed by atoms with Gasteiger partial charge in [-0.15, -0.1) is 0 Å². The van der Waals surface area contributed by atoms with E-state index in [0.29, 0.717) is 24.5 Å². The van der Waals surface area contributed by atoms with E-state index in [0.717, 1.165) is 13.0 Å². The highest BCUT2D eigenvalue weighted by Gasteiger charge is 2.25. The third-order valence-electron chi connectivity index (χ3n) is 3.47. The van der Waals surface area contributed by atoms with Crippen LogP contribution >= 0.6 is 0 Å². The highest BCUT2D eigenvalue weighted by molar-refractivity contribution is 5.19. The summed E-state index contributed by atoms with van der Waals surface area (Å²) in [5.74, 6) is 1.15. The topological polar surface area (TPSA) is 32.3 Å². The van der Waals surface area contributed by atoms with Crippen LogP contribution in [0.2, 0.25) is 0 Å². The Hall–Kier alpha value is -0.860. The molecule has 1 aliphatic rings. The first-order valence-corrected chi connectivity index (χ1v) is 6.18. The van der Waals surface area contributed by atoms with Crippen molar-refractivity contribution in [2.75, 3.05) is 13.2 Å². The maximum Gasteiger partial charge on any atom is 0.0456 e. The Labute approximate surface area is 97.7 Å². The summed E-state index contributed by atoms with van der Waals surface area (Å²) in [7, 11) is 0. The monoisotopic (exact) mass is 219 g/mol. The summed E-state index contributed by atoms with van der Waals surface area (Å²) in [5, 5.41) is 12.6. The van der Waals surface area contributed by atoms with Gasteiger partial charge in [-0.3, -0.25) is 0 Å². The number of benzene rings is 1.